The number of nitro benzene ring substituents is 1. The number of benzene rings is 2. The predicted molar refractivity (Wildman–Crippen MR) is 107 cm³/mol. The van der Waals surface area contributed by atoms with Gasteiger partial charge in [-0.05, 0) is 56.9 Å². The fraction of sp³-hybridized carbons (Fsp3) is 0.368. The Bertz CT molecular complexity index is 1020. The summed E-state index contributed by atoms with van der Waals surface area (Å²) in [4.78, 5) is 10.6. The number of hydrogen-bond acceptors (Lipinski definition) is 6. The number of nitrogens with one attached hydrogen (secondary N) is 2. The van der Waals surface area contributed by atoms with Crippen molar-refractivity contribution < 1.29 is 18.4 Å². The summed E-state index contributed by atoms with van der Waals surface area (Å²) in [6.45, 7) is 3.87. The van der Waals surface area contributed by atoms with Gasteiger partial charge in [0, 0.05) is 12.6 Å². The van der Waals surface area contributed by atoms with Crippen molar-refractivity contribution in [2.45, 2.75) is 43.6 Å². The molecule has 2 aromatic rings. The number of anilines is 2. The van der Waals surface area contributed by atoms with E-state index in [1.165, 1.54) is 12.1 Å². The minimum absolute atomic E-state index is 0.177. The molecule has 28 heavy (non-hydrogen) atoms. The normalized spacial score (nSPS) is 15.5. The molecule has 0 saturated heterocycles. The Kier molecular flexibility index (Phi) is 5.31. The van der Waals surface area contributed by atoms with Crippen LogP contribution in [0.15, 0.2) is 41.3 Å². The monoisotopic (exact) mass is 405 g/mol. The highest BCUT2D eigenvalue weighted by atomic mass is 32.2. The molecule has 150 valence electrons. The van der Waals surface area contributed by atoms with Crippen molar-refractivity contribution in [3.05, 3.63) is 57.6 Å². The van der Waals surface area contributed by atoms with E-state index in [4.69, 9.17) is 0 Å². The van der Waals surface area contributed by atoms with Crippen molar-refractivity contribution in [3.8, 4) is 0 Å². The Hall–Kier alpha value is -2.65. The molecule has 0 atom stereocenters. The van der Waals surface area contributed by atoms with E-state index in [0.717, 1.165) is 23.6 Å². The minimum Gasteiger partial charge on any atom is -0.388 e. The number of hydrogen-bond donors (Lipinski definition) is 3. The minimum atomic E-state index is -3.99. The highest BCUT2D eigenvalue weighted by molar-refractivity contribution is 7.92. The fourth-order valence-corrected chi connectivity index (χ4v) is 4.28. The summed E-state index contributed by atoms with van der Waals surface area (Å²) >= 11 is 0. The second-order valence-electron chi connectivity index (χ2n) is 7.29. The molecule has 0 bridgehead atoms. The molecule has 1 fully saturated rings. The number of rotatable bonds is 7. The largest absolute Gasteiger partial charge is 0.388 e. The van der Waals surface area contributed by atoms with Crippen LogP contribution in [-0.2, 0) is 10.0 Å². The van der Waals surface area contributed by atoms with Crippen LogP contribution in [0.25, 0.3) is 0 Å². The average Bonchev–Trinajstić information content (AvgIpc) is 2.60. The Balaban J connectivity index is 1.86. The molecule has 1 aliphatic carbocycles. The van der Waals surface area contributed by atoms with Crippen LogP contribution < -0.4 is 10.0 Å². The van der Waals surface area contributed by atoms with Gasteiger partial charge in [-0.15, -0.1) is 0 Å². The van der Waals surface area contributed by atoms with Crippen molar-refractivity contribution in [1.82, 2.24) is 0 Å². The van der Waals surface area contributed by atoms with Gasteiger partial charge >= 0.3 is 0 Å². The Morgan fingerprint density at radius 3 is 2.39 bits per heavy atom. The highest BCUT2D eigenvalue weighted by Gasteiger charge is 2.34. The van der Waals surface area contributed by atoms with E-state index in [1.807, 2.05) is 13.0 Å². The fourth-order valence-electron chi connectivity index (χ4n) is 3.13. The number of nitro groups is 1. The number of aliphatic hydroxyl groups is 1. The number of sulfonamides is 1. The molecule has 3 rings (SSSR count). The van der Waals surface area contributed by atoms with E-state index in [-0.39, 0.29) is 22.8 Å². The third-order valence-electron chi connectivity index (χ3n) is 4.99. The second-order valence-corrected chi connectivity index (χ2v) is 8.97. The Labute approximate surface area is 163 Å². The smallest absolute Gasteiger partial charge is 0.293 e. The summed E-state index contributed by atoms with van der Waals surface area (Å²) in [7, 11) is -3.99. The van der Waals surface area contributed by atoms with E-state index in [9.17, 15) is 23.6 Å². The SMILES string of the molecule is Cc1ccc(NS(=O)(=O)c2ccc(NCC3(O)CCC3)c([N+](=O)[O-])c2)c(C)c1. The van der Waals surface area contributed by atoms with Gasteiger partial charge < -0.3 is 10.4 Å². The van der Waals surface area contributed by atoms with Gasteiger partial charge in [-0.25, -0.2) is 8.42 Å². The van der Waals surface area contributed by atoms with E-state index in [1.54, 1.807) is 19.1 Å². The van der Waals surface area contributed by atoms with Crippen LogP contribution >= 0.6 is 0 Å². The van der Waals surface area contributed by atoms with E-state index < -0.39 is 20.5 Å². The van der Waals surface area contributed by atoms with Gasteiger partial charge in [-0.3, -0.25) is 14.8 Å². The Morgan fingerprint density at radius 1 is 1.14 bits per heavy atom. The molecule has 0 amide bonds. The molecular weight excluding hydrogens is 382 g/mol. The van der Waals surface area contributed by atoms with Crippen LogP contribution in [0, 0.1) is 24.0 Å². The van der Waals surface area contributed by atoms with Crippen molar-refractivity contribution in [3.63, 3.8) is 0 Å². The molecule has 0 radical (unpaired) electrons. The van der Waals surface area contributed by atoms with Crippen LogP contribution in [0.3, 0.4) is 0 Å². The highest BCUT2D eigenvalue weighted by Crippen LogP contribution is 2.34. The molecule has 0 spiro atoms. The lowest BCUT2D eigenvalue weighted by molar-refractivity contribution is -0.384. The lowest BCUT2D eigenvalue weighted by Gasteiger charge is -2.36. The molecule has 1 aliphatic rings. The molecule has 0 aromatic heterocycles. The third kappa shape index (κ3) is 4.26. The quantitative estimate of drug-likeness (QED) is 0.480. The summed E-state index contributed by atoms with van der Waals surface area (Å²) in [6, 6.07) is 8.98. The second kappa shape index (κ2) is 7.40. The summed E-state index contributed by atoms with van der Waals surface area (Å²) in [5, 5.41) is 24.5. The number of aryl methyl sites for hydroxylation is 2. The Morgan fingerprint density at radius 2 is 1.82 bits per heavy atom. The van der Waals surface area contributed by atoms with E-state index in [0.29, 0.717) is 18.5 Å². The van der Waals surface area contributed by atoms with E-state index >= 15 is 0 Å². The summed E-state index contributed by atoms with van der Waals surface area (Å²) in [5.41, 5.74) is 1.14. The molecule has 0 aliphatic heterocycles. The van der Waals surface area contributed by atoms with Gasteiger partial charge in [-0.1, -0.05) is 17.7 Å². The molecule has 1 saturated carbocycles. The first-order valence-corrected chi connectivity index (χ1v) is 10.4. The molecule has 0 heterocycles. The van der Waals surface area contributed by atoms with Gasteiger partial charge in [0.25, 0.3) is 15.7 Å². The van der Waals surface area contributed by atoms with Gasteiger partial charge in [0.15, 0.2) is 0 Å². The van der Waals surface area contributed by atoms with Gasteiger partial charge in [0.05, 0.1) is 21.1 Å². The molecular formula is C19H23N3O5S. The summed E-state index contributed by atoms with van der Waals surface area (Å²) < 4.78 is 27.9. The van der Waals surface area contributed by atoms with Crippen molar-refractivity contribution >= 4 is 27.1 Å². The zero-order valence-electron chi connectivity index (χ0n) is 15.7. The van der Waals surface area contributed by atoms with Gasteiger partial charge in [-0.2, -0.15) is 0 Å². The molecule has 3 N–H and O–H groups in total. The maximum absolute atomic E-state index is 12.7. The molecule has 8 nitrogen and oxygen atoms in total. The molecule has 0 unspecified atom stereocenters. The zero-order chi connectivity index (χ0) is 20.5. The van der Waals surface area contributed by atoms with E-state index in [2.05, 4.69) is 10.0 Å². The van der Waals surface area contributed by atoms with Crippen LogP contribution in [-0.4, -0.2) is 30.6 Å². The van der Waals surface area contributed by atoms with Crippen molar-refractivity contribution in [1.29, 1.82) is 0 Å². The number of nitrogens with zero attached hydrogens (tertiary/aromatic N) is 1. The van der Waals surface area contributed by atoms with Crippen LogP contribution in [0.4, 0.5) is 17.1 Å². The lowest BCUT2D eigenvalue weighted by Crippen LogP contribution is -2.43. The topological polar surface area (TPSA) is 122 Å². The average molecular weight is 405 g/mol. The van der Waals surface area contributed by atoms with Crippen LogP contribution in [0.2, 0.25) is 0 Å². The van der Waals surface area contributed by atoms with Crippen LogP contribution in [0.5, 0.6) is 0 Å². The first-order chi connectivity index (χ1) is 13.1. The van der Waals surface area contributed by atoms with Crippen LogP contribution in [0.1, 0.15) is 30.4 Å². The third-order valence-corrected chi connectivity index (χ3v) is 6.36. The standard InChI is InChI=1S/C19H23N3O5S/c1-13-4-6-16(14(2)10-13)21-28(26,27)15-5-7-17(18(11-15)22(24)25)20-12-19(23)8-3-9-19/h4-7,10-11,20-21,23H,3,8-9,12H2,1-2H3. The maximum atomic E-state index is 12.7. The van der Waals surface area contributed by atoms with Crippen molar-refractivity contribution in [2.75, 3.05) is 16.6 Å². The predicted octanol–water partition coefficient (Wildman–Crippen LogP) is 3.34. The summed E-state index contributed by atoms with van der Waals surface area (Å²) in [5.74, 6) is 0. The maximum Gasteiger partial charge on any atom is 0.293 e. The first-order valence-electron chi connectivity index (χ1n) is 8.94. The first kappa shape index (κ1) is 20.1. The van der Waals surface area contributed by atoms with Gasteiger partial charge in [0.1, 0.15) is 5.69 Å². The zero-order valence-corrected chi connectivity index (χ0v) is 16.5. The van der Waals surface area contributed by atoms with Crippen molar-refractivity contribution in [2.24, 2.45) is 0 Å². The van der Waals surface area contributed by atoms with Gasteiger partial charge in [0.2, 0.25) is 0 Å². The molecule has 9 heteroatoms. The molecule has 2 aromatic carbocycles. The lowest BCUT2D eigenvalue weighted by atomic mass is 9.80. The summed E-state index contributed by atoms with van der Waals surface area (Å²) in [6.07, 6.45) is 2.20.